The van der Waals surface area contributed by atoms with Crippen molar-refractivity contribution in [1.29, 1.82) is 0 Å². The number of urea groups is 1. The second-order valence-electron chi connectivity index (χ2n) is 14.5. The van der Waals surface area contributed by atoms with Crippen molar-refractivity contribution < 1.29 is 50.5 Å². The maximum atomic E-state index is 15.0. The minimum Gasteiger partial charge on any atom is -0.493 e. The first-order valence-corrected chi connectivity index (χ1v) is 21.4. The third-order valence-electron chi connectivity index (χ3n) is 10.2. The van der Waals surface area contributed by atoms with Gasteiger partial charge >= 0.3 is 6.03 Å². The molecule has 2 fully saturated rings. The number of carbonyl (C=O) groups is 3. The first-order chi connectivity index (χ1) is 30.9. The van der Waals surface area contributed by atoms with Crippen molar-refractivity contribution in [2.45, 2.75) is 49.6 Å². The van der Waals surface area contributed by atoms with Gasteiger partial charge in [-0.15, -0.1) is 0 Å². The van der Waals surface area contributed by atoms with Crippen LogP contribution >= 0.6 is 23.4 Å². The zero-order valence-corrected chi connectivity index (χ0v) is 35.8. The Kier molecular flexibility index (Phi) is 16.9. The van der Waals surface area contributed by atoms with Gasteiger partial charge in [0, 0.05) is 70.6 Å². The molecule has 24 heteroatoms. The summed E-state index contributed by atoms with van der Waals surface area (Å²) in [5.41, 5.74) is 6.70. The van der Waals surface area contributed by atoms with Crippen LogP contribution in [0.2, 0.25) is 5.02 Å². The van der Waals surface area contributed by atoms with Gasteiger partial charge in [0.25, 0.3) is 0 Å². The number of nitrogens with zero attached hydrogens (tertiary/aromatic N) is 6. The predicted octanol–water partition coefficient (Wildman–Crippen LogP) is 6.53. The highest BCUT2D eigenvalue weighted by atomic mass is 35.5. The number of hydrogen-bond acceptors (Lipinski definition) is 12. The number of ether oxygens (including phenoxy) is 3. The summed E-state index contributed by atoms with van der Waals surface area (Å²) >= 11 is 7.64. The molecule has 2 saturated heterocycles. The summed E-state index contributed by atoms with van der Waals surface area (Å²) in [7, 11) is 1.44. The largest absolute Gasteiger partial charge is 0.493 e. The smallest absolute Gasteiger partial charge is 0.315 e. The first-order valence-electron chi connectivity index (χ1n) is 20.0. The van der Waals surface area contributed by atoms with Crippen LogP contribution in [0.5, 0.6) is 11.5 Å². The van der Waals surface area contributed by atoms with Crippen molar-refractivity contribution in [3.8, 4) is 11.5 Å². The Labute approximate surface area is 372 Å². The molecule has 0 spiro atoms. The fraction of sp³-hybridized carbons (Fsp3) is 0.425. The number of methoxy groups -OCH3 is 1. The van der Waals surface area contributed by atoms with Gasteiger partial charge in [-0.1, -0.05) is 23.1 Å². The Morgan fingerprint density at radius 1 is 0.984 bits per heavy atom. The van der Waals surface area contributed by atoms with Crippen molar-refractivity contribution in [3.05, 3.63) is 86.8 Å². The van der Waals surface area contributed by atoms with Crippen LogP contribution in [0.25, 0.3) is 21.3 Å². The van der Waals surface area contributed by atoms with Gasteiger partial charge in [0.15, 0.2) is 34.8 Å². The van der Waals surface area contributed by atoms with Crippen molar-refractivity contribution in [2.75, 3.05) is 64.2 Å². The van der Waals surface area contributed by atoms with E-state index in [1.807, 2.05) is 0 Å². The molecule has 17 nitrogen and oxygen atoms in total. The van der Waals surface area contributed by atoms with E-state index in [9.17, 15) is 36.3 Å². The van der Waals surface area contributed by atoms with Crippen molar-refractivity contribution in [1.82, 2.24) is 36.1 Å². The number of unbranched alkanes of at least 4 members (excludes halogenated alkanes) is 1. The van der Waals surface area contributed by atoms with Crippen LogP contribution < -0.4 is 36.1 Å². The average molecular weight is 936 g/mol. The molecule has 3 heterocycles. The van der Waals surface area contributed by atoms with Crippen LogP contribution in [-0.2, 0) is 20.9 Å². The number of benzene rings is 3. The SMILES string of the molecule is COc1cc2c(Nc3ccc(Cl)cc3F)ncnc2cc1OCCOCCNC(=O)CN(CCNC(=O)CCCCC1SCC2NC(=O)NC21)Cc1c(F)c(F)c(N=[N+]=[N-])c(F)c1F. The third-order valence-corrected chi connectivity index (χ3v) is 12.0. The van der Waals surface area contributed by atoms with E-state index in [0.717, 1.165) is 18.6 Å². The van der Waals surface area contributed by atoms with E-state index in [2.05, 4.69) is 46.6 Å². The number of azide groups is 1. The van der Waals surface area contributed by atoms with Crippen LogP contribution in [0.4, 0.5) is 43.9 Å². The molecule has 3 atom stereocenters. The summed E-state index contributed by atoms with van der Waals surface area (Å²) in [6, 6.07) is 7.40. The molecule has 3 unspecified atom stereocenters. The summed E-state index contributed by atoms with van der Waals surface area (Å²) in [6.45, 7) is -1.34. The second kappa shape index (κ2) is 22.7. The highest BCUT2D eigenvalue weighted by Crippen LogP contribution is 2.36. The Balaban J connectivity index is 0.966. The van der Waals surface area contributed by atoms with Crippen LogP contribution in [0.1, 0.15) is 31.2 Å². The van der Waals surface area contributed by atoms with Gasteiger partial charge in [0.1, 0.15) is 30.3 Å². The number of nitrogens with one attached hydrogen (secondary N) is 5. The molecule has 3 aromatic carbocycles. The molecule has 342 valence electrons. The quantitative estimate of drug-likeness (QED) is 0.0103. The second-order valence-corrected chi connectivity index (χ2v) is 16.2. The molecule has 2 aliphatic rings. The molecule has 4 amide bonds. The van der Waals surface area contributed by atoms with E-state index in [1.54, 1.807) is 23.9 Å². The molecule has 64 heavy (non-hydrogen) atoms. The van der Waals surface area contributed by atoms with Crippen LogP contribution in [0, 0.1) is 29.1 Å². The maximum absolute atomic E-state index is 15.0. The van der Waals surface area contributed by atoms with Crippen molar-refractivity contribution in [3.63, 3.8) is 0 Å². The van der Waals surface area contributed by atoms with Gasteiger partial charge in [-0.25, -0.2) is 36.7 Å². The third kappa shape index (κ3) is 12.2. The number of fused-ring (bicyclic) bond motifs is 2. The molecule has 4 aromatic rings. The number of anilines is 2. The summed E-state index contributed by atoms with van der Waals surface area (Å²) in [6.07, 6.45) is 3.59. The van der Waals surface area contributed by atoms with Gasteiger partial charge < -0.3 is 40.8 Å². The topological polar surface area (TPSA) is 217 Å². The number of hydrogen-bond donors (Lipinski definition) is 5. The Hall–Kier alpha value is -5.87. The van der Waals surface area contributed by atoms with Gasteiger partial charge in [0.2, 0.25) is 11.8 Å². The molecule has 2 aliphatic heterocycles. The van der Waals surface area contributed by atoms with E-state index in [0.29, 0.717) is 34.6 Å². The summed E-state index contributed by atoms with van der Waals surface area (Å²) in [5, 5.41) is 17.8. The van der Waals surface area contributed by atoms with Gasteiger partial charge in [-0.2, -0.15) is 11.8 Å². The highest BCUT2D eigenvalue weighted by Gasteiger charge is 2.42. The number of carbonyl (C=O) groups excluding carboxylic acids is 3. The molecule has 0 aliphatic carbocycles. The molecule has 0 saturated carbocycles. The molecule has 6 rings (SSSR count). The molecular formula is C40H43ClF5N11O6S. The van der Waals surface area contributed by atoms with Gasteiger partial charge in [0.05, 0.1) is 50.2 Å². The zero-order valence-electron chi connectivity index (χ0n) is 34.2. The number of aromatic nitrogens is 2. The predicted molar refractivity (Wildman–Crippen MR) is 227 cm³/mol. The first kappa shape index (κ1) is 47.6. The summed E-state index contributed by atoms with van der Waals surface area (Å²) in [5.74, 6) is -7.10. The molecule has 1 aromatic heterocycles. The highest BCUT2D eigenvalue weighted by molar-refractivity contribution is 8.00. The number of amides is 4. The number of rotatable bonds is 23. The average Bonchev–Trinajstić information content (AvgIpc) is 3.83. The minimum atomic E-state index is -1.90. The maximum Gasteiger partial charge on any atom is 0.315 e. The van der Waals surface area contributed by atoms with Crippen LogP contribution in [0.15, 0.2) is 41.8 Å². The van der Waals surface area contributed by atoms with Crippen molar-refractivity contribution >= 4 is 69.3 Å². The van der Waals surface area contributed by atoms with E-state index >= 15 is 0 Å². The van der Waals surface area contributed by atoms with Gasteiger partial charge in [-0.05, 0) is 42.6 Å². The van der Waals surface area contributed by atoms with Crippen LogP contribution in [0.3, 0.4) is 0 Å². The van der Waals surface area contributed by atoms with Crippen molar-refractivity contribution in [2.24, 2.45) is 5.11 Å². The number of halogens is 6. The molecular weight excluding hydrogens is 893 g/mol. The Morgan fingerprint density at radius 3 is 2.52 bits per heavy atom. The molecule has 5 N–H and O–H groups in total. The van der Waals surface area contributed by atoms with E-state index in [-0.39, 0.29) is 85.9 Å². The lowest BCUT2D eigenvalue weighted by Gasteiger charge is -2.23. The van der Waals surface area contributed by atoms with Gasteiger partial charge in [-0.3, -0.25) is 14.5 Å². The van der Waals surface area contributed by atoms with E-state index in [4.69, 9.17) is 31.3 Å². The lowest BCUT2D eigenvalue weighted by molar-refractivity contribution is -0.122. The fourth-order valence-corrected chi connectivity index (χ4v) is 8.78. The lowest BCUT2D eigenvalue weighted by atomic mass is 10.0. The molecule has 0 bridgehead atoms. The molecule has 0 radical (unpaired) electrons. The van der Waals surface area contributed by atoms with Crippen LogP contribution in [-0.4, -0.2) is 109 Å². The monoisotopic (exact) mass is 935 g/mol. The summed E-state index contributed by atoms with van der Waals surface area (Å²) in [4.78, 5) is 49.1. The zero-order chi connectivity index (χ0) is 45.8. The fourth-order valence-electron chi connectivity index (χ4n) is 7.08. The normalized spacial score (nSPS) is 16.5. The van der Waals surface area contributed by atoms with E-state index < -0.39 is 59.3 Å². The Morgan fingerprint density at radius 2 is 1.77 bits per heavy atom. The summed E-state index contributed by atoms with van der Waals surface area (Å²) < 4.78 is 90.6. The standard InChI is InChI=1S/C40H43ClF5N11O6S/c1-61-28-15-22-26(50-20-51-39(22)52-25-7-6-21(41)14-24(25)42)16-29(28)63-13-12-62-11-9-49-32(59)18-57(17-23-33(43)35(45)38(55-56-47)36(46)34(23)44)10-8-48-31(58)5-3-2-4-30-37-27(19-64-30)53-40(60)54-37/h6-7,14-16,20,27,30,37H,2-5,8-13,17-19H2,1H3,(H,48,58)(H,49,59)(H,50,51,52)(H2,53,54,60). The Bertz CT molecular complexity index is 2380. The van der Waals surface area contributed by atoms with E-state index in [1.165, 1.54) is 36.5 Å². The number of thioether (sulfide) groups is 1. The lowest BCUT2D eigenvalue weighted by Crippen LogP contribution is -2.42. The minimum absolute atomic E-state index is 0.000103.